The molecule has 0 bridgehead atoms. The predicted octanol–water partition coefficient (Wildman–Crippen LogP) is 3.46. The molecule has 2 N–H and O–H groups in total. The number of nitrogens with one attached hydrogen (secondary N) is 2. The number of hydrogen-bond donors (Lipinski definition) is 2. The SMILES string of the molecule is COC(=O)NN(C)C(=O)c1ccc(C#N)c(C)c1NC(=O)c1cc(Br)nn1-c1ncccc1Cl. The topological polar surface area (TPSA) is 142 Å². The van der Waals surface area contributed by atoms with E-state index in [0.717, 1.165) is 12.1 Å². The summed E-state index contributed by atoms with van der Waals surface area (Å²) in [7, 11) is 2.47. The average Bonchev–Trinajstić information content (AvgIpc) is 3.21. The molecule has 0 spiro atoms. The lowest BCUT2D eigenvalue weighted by atomic mass is 10.0. The summed E-state index contributed by atoms with van der Waals surface area (Å²) in [5.74, 6) is -1.08. The minimum absolute atomic E-state index is 0.0322. The number of carbonyl (C=O) groups excluding carboxylic acids is 3. The van der Waals surface area contributed by atoms with Gasteiger partial charge in [0.15, 0.2) is 5.82 Å². The van der Waals surface area contributed by atoms with E-state index in [1.54, 1.807) is 19.1 Å². The lowest BCUT2D eigenvalue weighted by Crippen LogP contribution is -2.43. The highest BCUT2D eigenvalue weighted by Crippen LogP contribution is 2.27. The van der Waals surface area contributed by atoms with Gasteiger partial charge in [-0.25, -0.2) is 19.9 Å². The molecule has 13 heteroatoms. The zero-order valence-corrected chi connectivity index (χ0v) is 20.4. The number of methoxy groups -OCH3 is 1. The Bertz CT molecular complexity index is 1340. The predicted molar refractivity (Wildman–Crippen MR) is 126 cm³/mol. The van der Waals surface area contributed by atoms with Crippen LogP contribution < -0.4 is 10.7 Å². The fourth-order valence-electron chi connectivity index (χ4n) is 2.97. The van der Waals surface area contributed by atoms with Gasteiger partial charge in [0.05, 0.1) is 35.0 Å². The first-order valence-electron chi connectivity index (χ1n) is 9.52. The Labute approximate surface area is 207 Å². The van der Waals surface area contributed by atoms with Crippen LogP contribution in [0.15, 0.2) is 41.1 Å². The van der Waals surface area contributed by atoms with Gasteiger partial charge in [-0.2, -0.15) is 10.4 Å². The molecule has 34 heavy (non-hydrogen) atoms. The molecule has 0 unspecified atom stereocenters. The molecule has 0 saturated heterocycles. The summed E-state index contributed by atoms with van der Waals surface area (Å²) >= 11 is 9.47. The molecule has 3 aromatic rings. The van der Waals surface area contributed by atoms with Crippen LogP contribution in [0.2, 0.25) is 5.02 Å². The number of pyridine rings is 1. The molecule has 0 aliphatic carbocycles. The van der Waals surface area contributed by atoms with Crippen molar-refractivity contribution < 1.29 is 19.1 Å². The third-order valence-corrected chi connectivity index (χ3v) is 5.34. The highest BCUT2D eigenvalue weighted by Gasteiger charge is 2.25. The number of nitriles is 1. The minimum atomic E-state index is -0.854. The normalized spacial score (nSPS) is 10.2. The van der Waals surface area contributed by atoms with Gasteiger partial charge >= 0.3 is 6.09 Å². The number of amides is 3. The first kappa shape index (κ1) is 24.7. The molecule has 0 aliphatic rings. The van der Waals surface area contributed by atoms with E-state index < -0.39 is 17.9 Å². The van der Waals surface area contributed by atoms with Crippen molar-refractivity contribution in [2.24, 2.45) is 0 Å². The average molecular weight is 547 g/mol. The highest BCUT2D eigenvalue weighted by atomic mass is 79.9. The van der Waals surface area contributed by atoms with Crippen LogP contribution in [0.5, 0.6) is 0 Å². The molecule has 0 aliphatic heterocycles. The number of hydrazine groups is 1. The van der Waals surface area contributed by atoms with Gasteiger partial charge < -0.3 is 10.1 Å². The van der Waals surface area contributed by atoms with Crippen LogP contribution in [0.25, 0.3) is 5.82 Å². The molecule has 1 aromatic carbocycles. The van der Waals surface area contributed by atoms with Crippen molar-refractivity contribution in [3.05, 3.63) is 68.5 Å². The summed E-state index contributed by atoms with van der Waals surface area (Å²) in [4.78, 5) is 42.0. The van der Waals surface area contributed by atoms with Crippen molar-refractivity contribution in [2.75, 3.05) is 19.5 Å². The number of nitrogens with zero attached hydrogens (tertiary/aromatic N) is 5. The van der Waals surface area contributed by atoms with Gasteiger partial charge in [0, 0.05) is 19.3 Å². The fraction of sp³-hybridized carbons (Fsp3) is 0.143. The molecular formula is C21H17BrClN7O4. The second kappa shape index (κ2) is 10.3. The number of halogens is 2. The van der Waals surface area contributed by atoms with E-state index in [-0.39, 0.29) is 33.3 Å². The van der Waals surface area contributed by atoms with Crippen molar-refractivity contribution in [1.29, 1.82) is 5.26 Å². The van der Waals surface area contributed by atoms with Crippen LogP contribution in [-0.4, -0.2) is 51.8 Å². The van der Waals surface area contributed by atoms with Gasteiger partial charge in [-0.05, 0) is 52.7 Å². The van der Waals surface area contributed by atoms with Crippen molar-refractivity contribution in [1.82, 2.24) is 25.2 Å². The summed E-state index contributed by atoms with van der Waals surface area (Å²) in [6.07, 6.45) is 0.646. The van der Waals surface area contributed by atoms with Crippen molar-refractivity contribution >= 4 is 51.1 Å². The molecule has 0 fully saturated rings. The standard InChI is InChI=1S/C21H17BrClN7O4/c1-11-12(10-24)6-7-13(20(32)29(2)28-21(33)34-3)17(11)26-19(31)15-9-16(22)27-30(15)18-14(23)5-4-8-25-18/h4-9H,1-3H3,(H,26,31)(H,28,33). The smallest absolute Gasteiger partial charge is 0.425 e. The molecule has 3 amide bonds. The summed E-state index contributed by atoms with van der Waals surface area (Å²) < 4.78 is 6.09. The molecule has 2 heterocycles. The largest absolute Gasteiger partial charge is 0.452 e. The van der Waals surface area contributed by atoms with Crippen LogP contribution >= 0.6 is 27.5 Å². The van der Waals surface area contributed by atoms with E-state index in [4.69, 9.17) is 11.6 Å². The van der Waals surface area contributed by atoms with E-state index in [2.05, 4.69) is 41.5 Å². The van der Waals surface area contributed by atoms with Gasteiger partial charge in [0.2, 0.25) is 0 Å². The van der Waals surface area contributed by atoms with Crippen molar-refractivity contribution in [2.45, 2.75) is 6.92 Å². The zero-order chi connectivity index (χ0) is 25.0. The molecule has 0 atom stereocenters. The quantitative estimate of drug-likeness (QED) is 0.477. The first-order chi connectivity index (χ1) is 16.2. The molecule has 2 aromatic heterocycles. The second-order valence-corrected chi connectivity index (χ2v) is 7.99. The number of hydrogen-bond acceptors (Lipinski definition) is 7. The Kier molecular flexibility index (Phi) is 7.50. The van der Waals surface area contributed by atoms with Crippen LogP contribution in [0.1, 0.15) is 32.0 Å². The molecule has 174 valence electrons. The Hall–Kier alpha value is -3.95. The number of benzene rings is 1. The van der Waals surface area contributed by atoms with Crippen LogP contribution in [0.4, 0.5) is 10.5 Å². The van der Waals surface area contributed by atoms with Crippen molar-refractivity contribution in [3.63, 3.8) is 0 Å². The summed E-state index contributed by atoms with van der Waals surface area (Å²) in [5.41, 5.74) is 3.02. The molecule has 3 rings (SSSR count). The summed E-state index contributed by atoms with van der Waals surface area (Å²) in [6.45, 7) is 1.58. The molecule has 11 nitrogen and oxygen atoms in total. The fourth-order valence-corrected chi connectivity index (χ4v) is 3.55. The lowest BCUT2D eigenvalue weighted by molar-refractivity contribution is 0.0691. The van der Waals surface area contributed by atoms with E-state index in [1.165, 1.54) is 36.1 Å². The molecule has 0 radical (unpaired) electrons. The minimum Gasteiger partial charge on any atom is -0.452 e. The van der Waals surface area contributed by atoms with Crippen molar-refractivity contribution in [3.8, 4) is 11.9 Å². The summed E-state index contributed by atoms with van der Waals surface area (Å²) in [5, 5.41) is 17.5. The Morgan fingerprint density at radius 1 is 1.29 bits per heavy atom. The Morgan fingerprint density at radius 2 is 2.03 bits per heavy atom. The maximum atomic E-state index is 13.3. The third-order valence-electron chi connectivity index (χ3n) is 4.66. The van der Waals surface area contributed by atoms with Crippen LogP contribution in [0, 0.1) is 18.3 Å². The number of aromatic nitrogens is 3. The molecular weight excluding hydrogens is 530 g/mol. The number of anilines is 1. The Balaban J connectivity index is 2.04. The highest BCUT2D eigenvalue weighted by molar-refractivity contribution is 9.10. The number of carbonyl (C=O) groups is 3. The van der Waals surface area contributed by atoms with Gasteiger partial charge in [-0.15, -0.1) is 0 Å². The van der Waals surface area contributed by atoms with Crippen LogP contribution in [-0.2, 0) is 4.74 Å². The maximum Gasteiger partial charge on any atom is 0.425 e. The first-order valence-corrected chi connectivity index (χ1v) is 10.7. The number of ether oxygens (including phenoxy) is 1. The maximum absolute atomic E-state index is 13.3. The van der Waals surface area contributed by atoms with E-state index in [9.17, 15) is 19.6 Å². The third kappa shape index (κ3) is 5.00. The van der Waals surface area contributed by atoms with Gasteiger partial charge in [-0.1, -0.05) is 11.6 Å². The zero-order valence-electron chi connectivity index (χ0n) is 18.1. The van der Waals surface area contributed by atoms with E-state index in [0.29, 0.717) is 10.2 Å². The second-order valence-electron chi connectivity index (χ2n) is 6.77. The lowest BCUT2D eigenvalue weighted by Gasteiger charge is -2.20. The van der Waals surface area contributed by atoms with E-state index >= 15 is 0 Å². The van der Waals surface area contributed by atoms with Gasteiger partial charge in [0.25, 0.3) is 11.8 Å². The Morgan fingerprint density at radius 3 is 2.68 bits per heavy atom. The van der Waals surface area contributed by atoms with Crippen LogP contribution in [0.3, 0.4) is 0 Å². The van der Waals surface area contributed by atoms with Gasteiger partial charge in [0.1, 0.15) is 10.3 Å². The molecule has 0 saturated carbocycles. The van der Waals surface area contributed by atoms with E-state index in [1.807, 2.05) is 6.07 Å². The monoisotopic (exact) mass is 545 g/mol. The van der Waals surface area contributed by atoms with Gasteiger partial charge in [-0.3, -0.25) is 14.6 Å². The summed E-state index contributed by atoms with van der Waals surface area (Å²) in [6, 6.07) is 9.53. The number of rotatable bonds is 4.